The number of hydrogen-bond donors (Lipinski definition) is 1. The van der Waals surface area contributed by atoms with E-state index in [4.69, 9.17) is 5.73 Å². The molecule has 1 aliphatic carbocycles. The van der Waals surface area contributed by atoms with Gasteiger partial charge in [0.15, 0.2) is 0 Å². The van der Waals surface area contributed by atoms with Gasteiger partial charge in [0.05, 0.1) is 0 Å². The van der Waals surface area contributed by atoms with E-state index in [1.165, 1.54) is 44.1 Å². The molecule has 18 heavy (non-hydrogen) atoms. The largest absolute Gasteiger partial charge is 0.323 e. The highest BCUT2D eigenvalue weighted by atomic mass is 15.1. The van der Waals surface area contributed by atoms with Gasteiger partial charge in [-0.15, -0.1) is 0 Å². The van der Waals surface area contributed by atoms with Crippen molar-refractivity contribution >= 4 is 0 Å². The van der Waals surface area contributed by atoms with Gasteiger partial charge in [0, 0.05) is 18.6 Å². The first kappa shape index (κ1) is 13.6. The molecule has 0 amide bonds. The molecule has 1 atom stereocenters. The van der Waals surface area contributed by atoms with Gasteiger partial charge in [-0.2, -0.15) is 0 Å². The molecule has 0 heterocycles. The molecule has 2 rings (SSSR count). The van der Waals surface area contributed by atoms with Gasteiger partial charge in [-0.1, -0.05) is 56.0 Å². The quantitative estimate of drug-likeness (QED) is 0.826. The van der Waals surface area contributed by atoms with Gasteiger partial charge in [0.2, 0.25) is 0 Å². The van der Waals surface area contributed by atoms with Crippen molar-refractivity contribution in [2.75, 3.05) is 13.6 Å². The van der Waals surface area contributed by atoms with Crippen LogP contribution in [0.25, 0.3) is 0 Å². The summed E-state index contributed by atoms with van der Waals surface area (Å²) < 4.78 is 0. The Morgan fingerprint density at radius 3 is 2.33 bits per heavy atom. The summed E-state index contributed by atoms with van der Waals surface area (Å²) in [4.78, 5) is 2.48. The molecule has 1 fully saturated rings. The summed E-state index contributed by atoms with van der Waals surface area (Å²) in [5.41, 5.74) is 7.55. The van der Waals surface area contributed by atoms with Crippen LogP contribution >= 0.6 is 0 Å². The lowest BCUT2D eigenvalue weighted by molar-refractivity contribution is 0.209. The van der Waals surface area contributed by atoms with Crippen molar-refractivity contribution in [3.8, 4) is 0 Å². The third kappa shape index (κ3) is 3.82. The average Bonchev–Trinajstić information content (AvgIpc) is 2.68. The van der Waals surface area contributed by atoms with Crippen LogP contribution in [0.2, 0.25) is 0 Å². The molecule has 0 bridgehead atoms. The van der Waals surface area contributed by atoms with Crippen LogP contribution in [0.1, 0.15) is 50.1 Å². The Labute approximate surface area is 111 Å². The predicted molar refractivity (Wildman–Crippen MR) is 77.5 cm³/mol. The average molecular weight is 246 g/mol. The summed E-state index contributed by atoms with van der Waals surface area (Å²) in [5.74, 6) is 0. The number of nitrogens with zero attached hydrogens (tertiary/aromatic N) is 1. The van der Waals surface area contributed by atoms with Crippen LogP contribution in [0.5, 0.6) is 0 Å². The molecule has 0 aliphatic heterocycles. The standard InChI is InChI=1S/C16H26N2/c1-18(15-11-7-2-3-8-12-15)13-16(17)14-9-5-4-6-10-14/h4-6,9-10,15-16H,2-3,7-8,11-13,17H2,1H3/t16-/m1/s1. The fourth-order valence-electron chi connectivity index (χ4n) is 2.96. The minimum atomic E-state index is 0.138. The molecule has 1 aromatic rings. The number of hydrogen-bond acceptors (Lipinski definition) is 2. The number of likely N-dealkylation sites (N-methyl/N-ethyl adjacent to an activating group) is 1. The van der Waals surface area contributed by atoms with Gasteiger partial charge < -0.3 is 10.6 Å². The second-order valence-corrected chi connectivity index (χ2v) is 5.60. The SMILES string of the molecule is CN(C[C@@H](N)c1ccccc1)C1CCCCCC1. The van der Waals surface area contributed by atoms with E-state index < -0.39 is 0 Å². The molecule has 2 nitrogen and oxygen atoms in total. The molecule has 0 radical (unpaired) electrons. The molecule has 0 spiro atoms. The third-order valence-corrected chi connectivity index (χ3v) is 4.16. The predicted octanol–water partition coefficient (Wildman–Crippen LogP) is 3.34. The first-order valence-electron chi connectivity index (χ1n) is 7.28. The third-order valence-electron chi connectivity index (χ3n) is 4.16. The van der Waals surface area contributed by atoms with Crippen LogP contribution in [0, 0.1) is 0 Å². The Morgan fingerprint density at radius 1 is 1.11 bits per heavy atom. The molecule has 1 saturated carbocycles. The maximum atomic E-state index is 6.30. The molecular weight excluding hydrogens is 220 g/mol. The first-order chi connectivity index (χ1) is 8.77. The van der Waals surface area contributed by atoms with Crippen molar-refractivity contribution in [1.29, 1.82) is 0 Å². The summed E-state index contributed by atoms with van der Waals surface area (Å²) in [5, 5.41) is 0. The first-order valence-corrected chi connectivity index (χ1v) is 7.28. The highest BCUT2D eigenvalue weighted by molar-refractivity contribution is 5.18. The molecule has 2 heteroatoms. The summed E-state index contributed by atoms with van der Waals surface area (Å²) in [6.07, 6.45) is 8.28. The molecule has 1 aromatic carbocycles. The topological polar surface area (TPSA) is 29.3 Å². The summed E-state index contributed by atoms with van der Waals surface area (Å²) in [6.45, 7) is 0.967. The van der Waals surface area contributed by atoms with Crippen LogP contribution in [0.4, 0.5) is 0 Å². The second-order valence-electron chi connectivity index (χ2n) is 5.60. The molecule has 1 aliphatic rings. The Balaban J connectivity index is 1.88. The minimum absolute atomic E-state index is 0.138. The minimum Gasteiger partial charge on any atom is -0.323 e. The van der Waals surface area contributed by atoms with Crippen molar-refractivity contribution in [2.24, 2.45) is 5.73 Å². The van der Waals surface area contributed by atoms with E-state index in [9.17, 15) is 0 Å². The maximum Gasteiger partial charge on any atom is 0.0424 e. The van der Waals surface area contributed by atoms with Crippen molar-refractivity contribution in [2.45, 2.75) is 50.6 Å². The van der Waals surface area contributed by atoms with Crippen LogP contribution < -0.4 is 5.73 Å². The van der Waals surface area contributed by atoms with E-state index in [-0.39, 0.29) is 6.04 Å². The van der Waals surface area contributed by atoms with E-state index in [0.29, 0.717) is 0 Å². The Hall–Kier alpha value is -0.860. The van der Waals surface area contributed by atoms with E-state index in [2.05, 4.69) is 36.2 Å². The number of rotatable bonds is 4. The van der Waals surface area contributed by atoms with Crippen molar-refractivity contribution in [1.82, 2.24) is 4.90 Å². The van der Waals surface area contributed by atoms with Gasteiger partial charge in [0.25, 0.3) is 0 Å². The normalized spacial score (nSPS) is 19.7. The number of nitrogens with two attached hydrogens (primary N) is 1. The van der Waals surface area contributed by atoms with Crippen LogP contribution in [0.3, 0.4) is 0 Å². The molecule has 0 aromatic heterocycles. The van der Waals surface area contributed by atoms with Crippen LogP contribution in [-0.4, -0.2) is 24.5 Å². The summed E-state index contributed by atoms with van der Waals surface area (Å²) in [6, 6.07) is 11.3. The Morgan fingerprint density at radius 2 is 1.72 bits per heavy atom. The van der Waals surface area contributed by atoms with Crippen molar-refractivity contribution in [3.63, 3.8) is 0 Å². The Bertz CT molecular complexity index is 328. The van der Waals surface area contributed by atoms with Gasteiger partial charge in [-0.3, -0.25) is 0 Å². The van der Waals surface area contributed by atoms with Crippen LogP contribution in [-0.2, 0) is 0 Å². The zero-order chi connectivity index (χ0) is 12.8. The lowest BCUT2D eigenvalue weighted by atomic mass is 10.0. The fraction of sp³-hybridized carbons (Fsp3) is 0.625. The van der Waals surface area contributed by atoms with Gasteiger partial charge in [0.1, 0.15) is 0 Å². The summed E-state index contributed by atoms with van der Waals surface area (Å²) >= 11 is 0. The lowest BCUT2D eigenvalue weighted by Gasteiger charge is -2.29. The molecule has 2 N–H and O–H groups in total. The monoisotopic (exact) mass is 246 g/mol. The van der Waals surface area contributed by atoms with E-state index >= 15 is 0 Å². The highest BCUT2D eigenvalue weighted by Gasteiger charge is 2.19. The molecule has 0 saturated heterocycles. The molecular formula is C16H26N2. The van der Waals surface area contributed by atoms with Crippen molar-refractivity contribution < 1.29 is 0 Å². The smallest absolute Gasteiger partial charge is 0.0424 e. The van der Waals surface area contributed by atoms with Gasteiger partial charge >= 0.3 is 0 Å². The molecule has 0 unspecified atom stereocenters. The second kappa shape index (κ2) is 6.91. The number of benzene rings is 1. The zero-order valence-electron chi connectivity index (χ0n) is 11.5. The lowest BCUT2D eigenvalue weighted by Crippen LogP contribution is -2.37. The van der Waals surface area contributed by atoms with E-state index in [0.717, 1.165) is 12.6 Å². The van der Waals surface area contributed by atoms with E-state index in [1.807, 2.05) is 6.07 Å². The Kier molecular flexibility index (Phi) is 5.21. The van der Waals surface area contributed by atoms with Gasteiger partial charge in [-0.05, 0) is 25.5 Å². The van der Waals surface area contributed by atoms with E-state index in [1.54, 1.807) is 0 Å². The summed E-state index contributed by atoms with van der Waals surface area (Å²) in [7, 11) is 2.23. The molecule has 100 valence electrons. The fourth-order valence-corrected chi connectivity index (χ4v) is 2.96. The van der Waals surface area contributed by atoms with Crippen LogP contribution in [0.15, 0.2) is 30.3 Å². The highest BCUT2D eigenvalue weighted by Crippen LogP contribution is 2.22. The zero-order valence-corrected chi connectivity index (χ0v) is 11.5. The van der Waals surface area contributed by atoms with Crippen molar-refractivity contribution in [3.05, 3.63) is 35.9 Å². The van der Waals surface area contributed by atoms with Gasteiger partial charge in [-0.25, -0.2) is 0 Å². The maximum absolute atomic E-state index is 6.30.